The van der Waals surface area contributed by atoms with Crippen LogP contribution in [-0.2, 0) is 14.2 Å². The Morgan fingerprint density at radius 1 is 0.957 bits per heavy atom. The minimum atomic E-state index is -0.530. The molecule has 1 fully saturated rings. The Kier molecular flexibility index (Phi) is 3.65. The molecule has 4 rings (SSSR count). The summed E-state index contributed by atoms with van der Waals surface area (Å²) in [5.41, 5.74) is 0. The third-order valence-electron chi connectivity index (χ3n) is 3.88. The molecular weight excluding hydrogens is 411 g/mol. The van der Waals surface area contributed by atoms with E-state index in [1.54, 1.807) is 21.3 Å². The molecule has 0 saturated carbocycles. The Morgan fingerprint density at radius 2 is 1.74 bits per heavy atom. The summed E-state index contributed by atoms with van der Waals surface area (Å²) in [6, 6.07) is 8.09. The number of rotatable bonds is 3. The van der Waals surface area contributed by atoms with Gasteiger partial charge in [0.2, 0.25) is 0 Å². The Hall–Kier alpha value is -1.80. The van der Waals surface area contributed by atoms with Gasteiger partial charge in [-0.3, -0.25) is 4.74 Å². The Labute approximate surface area is 142 Å². The second kappa shape index (κ2) is 5.68. The van der Waals surface area contributed by atoms with Crippen LogP contribution in [0.25, 0.3) is 20.3 Å². The van der Waals surface area contributed by atoms with Gasteiger partial charge in [0.15, 0.2) is 31.5 Å². The molecule has 2 heterocycles. The molecule has 1 saturated heterocycles. The van der Waals surface area contributed by atoms with Crippen LogP contribution in [0.3, 0.4) is 0 Å². The maximum absolute atomic E-state index is 5.69. The van der Waals surface area contributed by atoms with E-state index in [0.29, 0.717) is 11.5 Å². The summed E-state index contributed by atoms with van der Waals surface area (Å²) in [5.74, 6) is 2.26. The van der Waals surface area contributed by atoms with Gasteiger partial charge in [-0.05, 0) is 49.7 Å². The lowest BCUT2D eigenvalue weighted by Gasteiger charge is -2.13. The summed E-state index contributed by atoms with van der Waals surface area (Å²) >= 11 is -0.530. The third-order valence-corrected chi connectivity index (χ3v) is 6.64. The van der Waals surface area contributed by atoms with Gasteiger partial charge in [0.05, 0.1) is 21.3 Å². The highest BCUT2D eigenvalue weighted by atomic mass is 127. The minimum absolute atomic E-state index is 0.283. The van der Waals surface area contributed by atoms with Gasteiger partial charge in [-0.2, -0.15) is 0 Å². The van der Waals surface area contributed by atoms with Crippen LogP contribution in [0.15, 0.2) is 24.3 Å². The number of methoxy groups -OCH3 is 3. The lowest BCUT2D eigenvalue weighted by Crippen LogP contribution is -2.33. The van der Waals surface area contributed by atoms with Crippen molar-refractivity contribution in [2.45, 2.75) is 0 Å². The van der Waals surface area contributed by atoms with Crippen molar-refractivity contribution < 1.29 is 23.7 Å². The summed E-state index contributed by atoms with van der Waals surface area (Å²) in [6.45, 7) is 0.283. The zero-order valence-corrected chi connectivity index (χ0v) is 15.1. The first-order valence-electron chi connectivity index (χ1n) is 7.02. The van der Waals surface area contributed by atoms with Crippen molar-refractivity contribution in [3.8, 4) is 11.5 Å². The molecule has 0 radical (unpaired) electrons. The zero-order valence-electron chi connectivity index (χ0n) is 12.9. The molecule has 0 spiro atoms. The third kappa shape index (κ3) is 2.20. The number of hydrogen-bond acceptors (Lipinski definition) is 5. The average Bonchev–Trinajstić information content (AvgIpc) is 3.07. The molecule has 2 aliphatic rings. The fraction of sp³-hybridized carbons (Fsp3) is 0.235. The van der Waals surface area contributed by atoms with Crippen molar-refractivity contribution in [3.05, 3.63) is 34.7 Å². The quantitative estimate of drug-likeness (QED) is 0.701. The van der Waals surface area contributed by atoms with Crippen molar-refractivity contribution in [1.29, 1.82) is 0 Å². The van der Waals surface area contributed by atoms with E-state index in [9.17, 15) is 0 Å². The van der Waals surface area contributed by atoms with E-state index in [-0.39, 0.29) is 6.79 Å². The van der Waals surface area contributed by atoms with Gasteiger partial charge in [-0.1, -0.05) is 6.07 Å². The van der Waals surface area contributed by atoms with Crippen molar-refractivity contribution in [2.75, 3.05) is 28.1 Å². The van der Waals surface area contributed by atoms with Crippen molar-refractivity contribution in [1.82, 2.24) is 0 Å². The fourth-order valence-electron chi connectivity index (χ4n) is 2.83. The predicted octanol–water partition coefficient (Wildman–Crippen LogP) is 1.80. The Morgan fingerprint density at radius 3 is 2.48 bits per heavy atom. The van der Waals surface area contributed by atoms with Crippen LogP contribution < -0.4 is 19.9 Å². The monoisotopic (exact) mass is 426 g/mol. The molecule has 6 heteroatoms. The normalized spacial score (nSPS) is 16.0. The van der Waals surface area contributed by atoms with Gasteiger partial charge in [-0.15, -0.1) is 0 Å². The van der Waals surface area contributed by atoms with Crippen LogP contribution in [0.2, 0.25) is 0 Å². The van der Waals surface area contributed by atoms with E-state index >= 15 is 0 Å². The molecule has 0 amide bonds. The van der Waals surface area contributed by atoms with E-state index in [0.717, 1.165) is 34.4 Å². The fourth-order valence-corrected chi connectivity index (χ4v) is 5.32. The molecule has 0 bridgehead atoms. The lowest BCUT2D eigenvalue weighted by atomic mass is 10.0. The molecule has 120 valence electrons. The van der Waals surface area contributed by atoms with Gasteiger partial charge < -0.3 is 18.9 Å². The largest absolute Gasteiger partial charge is 0.493 e. The van der Waals surface area contributed by atoms with Crippen LogP contribution in [0.1, 0.15) is 0 Å². The highest BCUT2D eigenvalue weighted by Gasteiger charge is 2.24. The summed E-state index contributed by atoms with van der Waals surface area (Å²) < 4.78 is 29.7. The number of ether oxygens (including phenoxy) is 5. The van der Waals surface area contributed by atoms with Crippen molar-refractivity contribution in [2.24, 2.45) is 0 Å². The molecule has 0 N–H and O–H groups in total. The number of benzene rings is 2. The second-order valence-corrected chi connectivity index (χ2v) is 7.50. The van der Waals surface area contributed by atoms with Crippen molar-refractivity contribution in [3.63, 3.8) is 0 Å². The molecule has 0 atom stereocenters. The summed E-state index contributed by atoms with van der Waals surface area (Å²) in [6.07, 6.45) is 0. The molecule has 0 aromatic heterocycles. The molecule has 2 aromatic rings. The lowest BCUT2D eigenvalue weighted by molar-refractivity contribution is 0.134. The topological polar surface area (TPSA) is 46.2 Å². The summed E-state index contributed by atoms with van der Waals surface area (Å²) in [5, 5.41) is 4.23. The molecular formula is C17H15IO5. The van der Waals surface area contributed by atoms with E-state index in [1.807, 2.05) is 12.1 Å². The van der Waals surface area contributed by atoms with Gasteiger partial charge in [0.25, 0.3) is 0 Å². The van der Waals surface area contributed by atoms with Gasteiger partial charge in [0, 0.05) is 10.4 Å². The maximum Gasteiger partial charge on any atom is 0.195 e. The first-order valence-corrected chi connectivity index (χ1v) is 9.17. The zero-order chi connectivity index (χ0) is 16.0. The van der Waals surface area contributed by atoms with E-state index in [2.05, 4.69) is 12.1 Å². The van der Waals surface area contributed by atoms with Crippen molar-refractivity contribution >= 4 is 44.7 Å². The average molecular weight is 426 g/mol. The van der Waals surface area contributed by atoms with Gasteiger partial charge in [0.1, 0.15) is 0 Å². The summed E-state index contributed by atoms with van der Waals surface area (Å²) in [7, 11) is 4.99. The van der Waals surface area contributed by atoms with Crippen LogP contribution in [-0.4, -0.2) is 31.8 Å². The van der Waals surface area contributed by atoms with E-state index in [4.69, 9.17) is 23.7 Å². The van der Waals surface area contributed by atoms with E-state index in [1.165, 1.54) is 0 Å². The minimum Gasteiger partial charge on any atom is -0.493 e. The Bertz CT molecular complexity index is 961. The standard InChI is InChI=1S/C17H15IO5/c1-19-12-6-9-4-5-10-14(11(9)7-13(12)20-2)16(21-3)18-17-15(10)22-8-23-17/h4-7H,8H2,1-3H3. The first-order chi connectivity index (χ1) is 11.3. The SMILES string of the molecule is COC1=c2c(ccc3cc(OC)c(OC)cc23)=C2OCOC2=I1. The highest BCUT2D eigenvalue weighted by molar-refractivity contribution is 14.2. The smallest absolute Gasteiger partial charge is 0.195 e. The molecule has 2 aliphatic heterocycles. The maximum atomic E-state index is 5.69. The molecule has 0 unspecified atom stereocenters. The molecule has 0 aliphatic carbocycles. The van der Waals surface area contributed by atoms with Crippen LogP contribution >= 0.6 is 20.7 Å². The van der Waals surface area contributed by atoms with Gasteiger partial charge >= 0.3 is 0 Å². The Balaban J connectivity index is 2.18. The van der Waals surface area contributed by atoms with Gasteiger partial charge in [-0.25, -0.2) is 0 Å². The van der Waals surface area contributed by atoms with Crippen LogP contribution in [0.4, 0.5) is 0 Å². The molecule has 5 nitrogen and oxygen atoms in total. The number of halogens is 1. The molecule has 2 aromatic carbocycles. The van der Waals surface area contributed by atoms with Crippen LogP contribution in [0, 0.1) is 0 Å². The van der Waals surface area contributed by atoms with E-state index < -0.39 is 20.7 Å². The highest BCUT2D eigenvalue weighted by Crippen LogP contribution is 2.33. The number of fused-ring (bicyclic) bond motifs is 4. The first kappa shape index (κ1) is 14.8. The second-order valence-electron chi connectivity index (χ2n) is 5.00. The summed E-state index contributed by atoms with van der Waals surface area (Å²) in [4.78, 5) is 0. The molecule has 23 heavy (non-hydrogen) atoms. The number of hydrogen-bond donors (Lipinski definition) is 0. The van der Waals surface area contributed by atoms with Crippen LogP contribution in [0.5, 0.6) is 11.5 Å². The predicted molar refractivity (Wildman–Crippen MR) is 96.2 cm³/mol.